The van der Waals surface area contributed by atoms with Gasteiger partial charge in [-0.1, -0.05) is 0 Å². The van der Waals surface area contributed by atoms with Crippen LogP contribution < -0.4 is 15.4 Å². The summed E-state index contributed by atoms with van der Waals surface area (Å²) in [6.45, 7) is 5.70. The molecule has 1 unspecified atom stereocenters. The number of oxazole rings is 1. The van der Waals surface area contributed by atoms with Crippen molar-refractivity contribution < 1.29 is 23.4 Å². The molecular weight excluding hydrogens is 492 g/mol. The van der Waals surface area contributed by atoms with E-state index in [-0.39, 0.29) is 31.0 Å². The molecule has 4 heterocycles. The molecule has 0 saturated carbocycles. The standard InChI is InChI=1S/C26H34N6O6/c1-26(2,3)38-25(34)32-15-7-8-16(32)10-17(9-15)30(4)23-27-13-19(28-29-23)18-11-22-20(31(5)24(33)37-22)12-21(18)36-14-35-6/h11-13,15-17H,7-10,14H2,1-6H3/t15-,16+,17?. The smallest absolute Gasteiger partial charge is 0.419 e. The van der Waals surface area contributed by atoms with Crippen molar-refractivity contribution in [2.75, 3.05) is 25.9 Å². The molecule has 12 heteroatoms. The maximum Gasteiger partial charge on any atom is 0.419 e. The van der Waals surface area contributed by atoms with Gasteiger partial charge in [0.2, 0.25) is 5.95 Å². The predicted octanol–water partition coefficient (Wildman–Crippen LogP) is 3.33. The molecule has 12 nitrogen and oxygen atoms in total. The first-order valence-corrected chi connectivity index (χ1v) is 12.7. The fraction of sp³-hybridized carbons (Fsp3) is 0.577. The van der Waals surface area contributed by atoms with Crippen LogP contribution in [0.2, 0.25) is 0 Å². The molecule has 2 aliphatic rings. The summed E-state index contributed by atoms with van der Waals surface area (Å²) in [7, 11) is 5.12. The van der Waals surface area contributed by atoms with Crippen molar-refractivity contribution in [3.8, 4) is 17.0 Å². The highest BCUT2D eigenvalue weighted by Gasteiger charge is 2.46. The van der Waals surface area contributed by atoms with E-state index in [1.165, 1.54) is 11.7 Å². The van der Waals surface area contributed by atoms with Crippen LogP contribution in [-0.4, -0.2) is 75.4 Å². The lowest BCUT2D eigenvalue weighted by molar-refractivity contribution is 0.00594. The van der Waals surface area contributed by atoms with E-state index in [0.29, 0.717) is 34.1 Å². The number of fused-ring (bicyclic) bond motifs is 3. The molecule has 1 aromatic carbocycles. The zero-order valence-corrected chi connectivity index (χ0v) is 22.6. The minimum atomic E-state index is -0.518. The van der Waals surface area contributed by atoms with E-state index >= 15 is 0 Å². The number of aryl methyl sites for hydroxylation is 1. The van der Waals surface area contributed by atoms with Crippen LogP contribution in [0, 0.1) is 0 Å². The first-order valence-electron chi connectivity index (χ1n) is 12.7. The average Bonchev–Trinajstić information content (AvgIpc) is 3.31. The Kier molecular flexibility index (Phi) is 6.76. The van der Waals surface area contributed by atoms with Gasteiger partial charge in [-0.25, -0.2) is 14.6 Å². The number of piperidine rings is 1. The maximum absolute atomic E-state index is 12.8. The predicted molar refractivity (Wildman–Crippen MR) is 139 cm³/mol. The van der Waals surface area contributed by atoms with Gasteiger partial charge in [-0.2, -0.15) is 0 Å². The molecule has 2 bridgehead atoms. The lowest BCUT2D eigenvalue weighted by atomic mass is 9.97. The SMILES string of the molecule is COCOc1cc2c(cc1-c1cnc(N(C)C3C[C@H]4CC[C@@H](C3)N4C(=O)OC(C)(C)C)nn1)oc(=O)n2C. The minimum Gasteiger partial charge on any atom is -0.467 e. The van der Waals surface area contributed by atoms with E-state index in [0.717, 1.165) is 25.7 Å². The lowest BCUT2D eigenvalue weighted by Gasteiger charge is -2.42. The molecule has 38 heavy (non-hydrogen) atoms. The molecule has 1 amide bonds. The lowest BCUT2D eigenvalue weighted by Crippen LogP contribution is -2.53. The zero-order valence-electron chi connectivity index (χ0n) is 22.6. The van der Waals surface area contributed by atoms with E-state index in [2.05, 4.69) is 15.2 Å². The highest BCUT2D eigenvalue weighted by atomic mass is 16.7. The highest BCUT2D eigenvalue weighted by Crippen LogP contribution is 2.39. The fourth-order valence-corrected chi connectivity index (χ4v) is 5.39. The van der Waals surface area contributed by atoms with Crippen molar-refractivity contribution in [1.82, 2.24) is 24.6 Å². The molecule has 2 saturated heterocycles. The van der Waals surface area contributed by atoms with Gasteiger partial charge in [-0.3, -0.25) is 4.57 Å². The first-order chi connectivity index (χ1) is 18.1. The minimum absolute atomic E-state index is 0.0241. The Hall–Kier alpha value is -3.67. The summed E-state index contributed by atoms with van der Waals surface area (Å²) in [5, 5.41) is 8.82. The monoisotopic (exact) mass is 526 g/mol. The van der Waals surface area contributed by atoms with Gasteiger partial charge in [0, 0.05) is 51.0 Å². The summed E-state index contributed by atoms with van der Waals surface area (Å²) in [5.74, 6) is 0.498. The summed E-state index contributed by atoms with van der Waals surface area (Å²) in [6, 6.07) is 3.85. The third-order valence-electron chi connectivity index (χ3n) is 7.23. The largest absolute Gasteiger partial charge is 0.467 e. The number of ether oxygens (including phenoxy) is 3. The van der Waals surface area contributed by atoms with Gasteiger partial charge >= 0.3 is 11.8 Å². The Balaban J connectivity index is 1.35. The summed E-state index contributed by atoms with van der Waals surface area (Å²) >= 11 is 0. The summed E-state index contributed by atoms with van der Waals surface area (Å²) < 4.78 is 23.2. The number of carbonyl (C=O) groups excluding carboxylic acids is 1. The number of methoxy groups -OCH3 is 1. The van der Waals surface area contributed by atoms with Crippen LogP contribution in [0.25, 0.3) is 22.4 Å². The number of aromatic nitrogens is 4. The van der Waals surface area contributed by atoms with Crippen LogP contribution in [0.15, 0.2) is 27.5 Å². The summed E-state index contributed by atoms with van der Waals surface area (Å²) in [6.07, 6.45) is 4.96. The van der Waals surface area contributed by atoms with E-state index in [9.17, 15) is 9.59 Å². The molecule has 3 atom stereocenters. The molecule has 204 valence electrons. The highest BCUT2D eigenvalue weighted by molar-refractivity contribution is 5.84. The van der Waals surface area contributed by atoms with Crippen molar-refractivity contribution in [1.29, 1.82) is 0 Å². The van der Waals surface area contributed by atoms with Crippen LogP contribution in [0.3, 0.4) is 0 Å². The molecule has 5 rings (SSSR count). The molecule has 2 aliphatic heterocycles. The van der Waals surface area contributed by atoms with Crippen molar-refractivity contribution >= 4 is 23.1 Å². The number of amides is 1. The Morgan fingerprint density at radius 2 is 1.89 bits per heavy atom. The van der Waals surface area contributed by atoms with E-state index in [1.54, 1.807) is 25.4 Å². The second-order valence-corrected chi connectivity index (χ2v) is 10.9. The number of hydrogen-bond donors (Lipinski definition) is 0. The average molecular weight is 527 g/mol. The quantitative estimate of drug-likeness (QED) is 0.442. The van der Waals surface area contributed by atoms with E-state index in [4.69, 9.17) is 18.6 Å². The van der Waals surface area contributed by atoms with Gasteiger partial charge in [0.05, 0.1) is 11.7 Å². The number of hydrogen-bond acceptors (Lipinski definition) is 10. The first kappa shape index (κ1) is 26.0. The van der Waals surface area contributed by atoms with E-state index in [1.807, 2.05) is 37.6 Å². The second-order valence-electron chi connectivity index (χ2n) is 10.9. The van der Waals surface area contributed by atoms with Crippen LogP contribution in [-0.2, 0) is 16.5 Å². The number of nitrogens with zero attached hydrogens (tertiary/aromatic N) is 6. The second kappa shape index (κ2) is 9.90. The van der Waals surface area contributed by atoms with Crippen molar-refractivity contribution in [3.05, 3.63) is 28.9 Å². The van der Waals surface area contributed by atoms with Crippen molar-refractivity contribution in [2.24, 2.45) is 7.05 Å². The Morgan fingerprint density at radius 3 is 2.50 bits per heavy atom. The maximum atomic E-state index is 12.8. The summed E-state index contributed by atoms with van der Waals surface area (Å²) in [4.78, 5) is 33.4. The van der Waals surface area contributed by atoms with Gasteiger partial charge in [-0.05, 0) is 52.5 Å². The van der Waals surface area contributed by atoms with Gasteiger partial charge in [0.25, 0.3) is 0 Å². The zero-order chi connectivity index (χ0) is 27.2. The normalized spacial score (nSPS) is 21.1. The van der Waals surface area contributed by atoms with Crippen LogP contribution in [0.4, 0.5) is 10.7 Å². The third kappa shape index (κ3) is 4.92. The topological polar surface area (TPSA) is 125 Å². The third-order valence-corrected chi connectivity index (χ3v) is 7.23. The molecule has 0 radical (unpaired) electrons. The summed E-state index contributed by atoms with van der Waals surface area (Å²) in [5.41, 5.74) is 1.54. The van der Waals surface area contributed by atoms with Gasteiger partial charge in [0.15, 0.2) is 12.4 Å². The van der Waals surface area contributed by atoms with Crippen LogP contribution in [0.5, 0.6) is 5.75 Å². The van der Waals surface area contributed by atoms with Crippen LogP contribution >= 0.6 is 0 Å². The number of benzene rings is 1. The van der Waals surface area contributed by atoms with Gasteiger partial charge < -0.3 is 28.4 Å². The molecule has 0 N–H and O–H groups in total. The van der Waals surface area contributed by atoms with Crippen molar-refractivity contribution in [2.45, 2.75) is 70.2 Å². The fourth-order valence-electron chi connectivity index (χ4n) is 5.39. The Bertz CT molecular complexity index is 1360. The van der Waals surface area contributed by atoms with E-state index < -0.39 is 11.4 Å². The molecular formula is C26H34N6O6. The molecule has 2 aromatic heterocycles. The molecule has 0 aliphatic carbocycles. The molecule has 3 aromatic rings. The van der Waals surface area contributed by atoms with Gasteiger partial charge in [0.1, 0.15) is 17.0 Å². The Morgan fingerprint density at radius 1 is 1.18 bits per heavy atom. The van der Waals surface area contributed by atoms with Crippen LogP contribution in [0.1, 0.15) is 46.5 Å². The Labute approximate surface area is 220 Å². The van der Waals surface area contributed by atoms with Gasteiger partial charge in [-0.15, -0.1) is 10.2 Å². The molecule has 2 fully saturated rings. The van der Waals surface area contributed by atoms with Crippen molar-refractivity contribution in [3.63, 3.8) is 0 Å². The molecule has 0 spiro atoms. The number of carbonyl (C=O) groups is 1. The number of rotatable bonds is 6. The number of anilines is 1.